The first kappa shape index (κ1) is 26.3. The van der Waals surface area contributed by atoms with Crippen LogP contribution in [0.1, 0.15) is 41.0 Å². The van der Waals surface area contributed by atoms with Crippen LogP contribution in [-0.4, -0.2) is 69.7 Å². The van der Waals surface area contributed by atoms with Gasteiger partial charge in [-0.3, -0.25) is 14.7 Å². The van der Waals surface area contributed by atoms with Gasteiger partial charge in [0.15, 0.2) is 0 Å². The molecule has 0 saturated carbocycles. The van der Waals surface area contributed by atoms with Crippen LogP contribution in [0.3, 0.4) is 0 Å². The highest BCUT2D eigenvalue weighted by atomic mass is 19.1. The van der Waals surface area contributed by atoms with Gasteiger partial charge in [0.25, 0.3) is 5.91 Å². The zero-order valence-electron chi connectivity index (χ0n) is 21.3. The van der Waals surface area contributed by atoms with Crippen molar-refractivity contribution in [1.29, 1.82) is 0 Å². The Kier molecular flexibility index (Phi) is 8.49. The summed E-state index contributed by atoms with van der Waals surface area (Å²) in [7, 11) is 2.00. The third kappa shape index (κ3) is 6.70. The number of carbonyl (C=O) groups excluding carboxylic acids is 1. The first-order chi connectivity index (χ1) is 17.8. The highest BCUT2D eigenvalue weighted by Gasteiger charge is 2.34. The summed E-state index contributed by atoms with van der Waals surface area (Å²) in [6.07, 6.45) is 3.07. The van der Waals surface area contributed by atoms with Crippen LogP contribution in [0.2, 0.25) is 0 Å². The molecule has 0 spiro atoms. The summed E-state index contributed by atoms with van der Waals surface area (Å²) >= 11 is 0. The van der Waals surface area contributed by atoms with Crippen LogP contribution in [0.25, 0.3) is 0 Å². The van der Waals surface area contributed by atoms with Crippen LogP contribution < -0.4 is 4.74 Å². The number of aliphatic hydroxyl groups excluding tert-OH is 1. The van der Waals surface area contributed by atoms with Gasteiger partial charge in [0.2, 0.25) is 5.88 Å². The molecular weight excluding hydrogens is 471 g/mol. The van der Waals surface area contributed by atoms with Crippen LogP contribution >= 0.6 is 0 Å². The minimum absolute atomic E-state index is 0.0217. The topological polar surface area (TPSA) is 78.8 Å². The van der Waals surface area contributed by atoms with E-state index < -0.39 is 0 Å². The highest BCUT2D eigenvalue weighted by Crippen LogP contribution is 2.27. The number of benzene rings is 1. The van der Waals surface area contributed by atoms with Crippen LogP contribution in [0.5, 0.6) is 5.88 Å². The molecular formula is C29H31FN4O3. The number of hydrogen-bond donors (Lipinski definition) is 1. The first-order valence-electron chi connectivity index (χ1n) is 12.3. The molecule has 4 rings (SSSR count). The molecule has 37 heavy (non-hydrogen) atoms. The molecule has 0 unspecified atom stereocenters. The lowest BCUT2D eigenvalue weighted by atomic mass is 10.00. The summed E-state index contributed by atoms with van der Waals surface area (Å²) in [5.74, 6) is 5.45. The molecule has 0 bridgehead atoms. The molecule has 2 aromatic heterocycles. The summed E-state index contributed by atoms with van der Waals surface area (Å²) < 4.78 is 19.9. The number of ether oxygens (including phenoxy) is 1. The maximum Gasteiger partial charge on any atom is 0.259 e. The van der Waals surface area contributed by atoms with Gasteiger partial charge >= 0.3 is 0 Å². The number of hydrogen-bond acceptors (Lipinski definition) is 6. The fourth-order valence-electron chi connectivity index (χ4n) is 4.24. The van der Waals surface area contributed by atoms with E-state index in [9.17, 15) is 14.3 Å². The van der Waals surface area contributed by atoms with Gasteiger partial charge in [-0.25, -0.2) is 9.37 Å². The molecule has 1 N–H and O–H groups in total. The van der Waals surface area contributed by atoms with Crippen molar-refractivity contribution < 1.29 is 19.0 Å². The van der Waals surface area contributed by atoms with E-state index in [1.807, 2.05) is 39.1 Å². The average molecular weight is 503 g/mol. The van der Waals surface area contributed by atoms with Gasteiger partial charge in [0, 0.05) is 49.1 Å². The molecule has 3 aromatic rings. The predicted molar refractivity (Wildman–Crippen MR) is 138 cm³/mol. The van der Waals surface area contributed by atoms with E-state index in [2.05, 4.69) is 26.7 Å². The minimum atomic E-state index is -0.380. The monoisotopic (exact) mass is 502 g/mol. The molecule has 1 aromatic carbocycles. The Morgan fingerprint density at radius 1 is 1.19 bits per heavy atom. The van der Waals surface area contributed by atoms with Crippen LogP contribution in [0.15, 0.2) is 60.9 Å². The van der Waals surface area contributed by atoms with Crippen molar-refractivity contribution in [2.75, 3.05) is 26.7 Å². The maximum atomic E-state index is 13.6. The molecule has 3 heterocycles. The van der Waals surface area contributed by atoms with Crippen molar-refractivity contribution >= 4 is 5.91 Å². The molecule has 1 aliphatic rings. The zero-order valence-corrected chi connectivity index (χ0v) is 21.3. The van der Waals surface area contributed by atoms with Crippen LogP contribution in [0, 0.1) is 23.6 Å². The first-order valence-corrected chi connectivity index (χ1v) is 12.3. The van der Waals surface area contributed by atoms with Gasteiger partial charge in [0.05, 0.1) is 18.3 Å². The van der Waals surface area contributed by atoms with Crippen molar-refractivity contribution in [2.24, 2.45) is 5.92 Å². The van der Waals surface area contributed by atoms with Gasteiger partial charge < -0.3 is 14.7 Å². The largest absolute Gasteiger partial charge is 0.472 e. The Labute approximate surface area is 216 Å². The van der Waals surface area contributed by atoms with Crippen LogP contribution in [-0.2, 0) is 6.54 Å². The molecule has 1 aliphatic heterocycles. The molecule has 0 radical (unpaired) electrons. The fourth-order valence-corrected chi connectivity index (χ4v) is 4.24. The quantitative estimate of drug-likeness (QED) is 0.521. The van der Waals surface area contributed by atoms with Gasteiger partial charge in [-0.1, -0.05) is 30.9 Å². The lowest BCUT2D eigenvalue weighted by molar-refractivity contribution is 0.0324. The summed E-state index contributed by atoms with van der Waals surface area (Å²) in [4.78, 5) is 26.2. The second-order valence-electron chi connectivity index (χ2n) is 9.48. The summed E-state index contributed by atoms with van der Waals surface area (Å²) in [5, 5.41) is 9.85. The average Bonchev–Trinajstić information content (AvgIpc) is 2.89. The Balaban J connectivity index is 1.63. The summed E-state index contributed by atoms with van der Waals surface area (Å²) in [6.45, 7) is 5.35. The lowest BCUT2D eigenvalue weighted by Crippen LogP contribution is -2.49. The zero-order chi connectivity index (χ0) is 26.4. The van der Waals surface area contributed by atoms with Gasteiger partial charge in [-0.05, 0) is 50.4 Å². The van der Waals surface area contributed by atoms with Gasteiger partial charge in [-0.2, -0.15) is 0 Å². The van der Waals surface area contributed by atoms with Crippen molar-refractivity contribution in [3.05, 3.63) is 89.1 Å². The minimum Gasteiger partial charge on any atom is -0.472 e. The second kappa shape index (κ2) is 12.0. The Bertz CT molecular complexity index is 1290. The van der Waals surface area contributed by atoms with E-state index in [4.69, 9.17) is 4.74 Å². The lowest BCUT2D eigenvalue weighted by Gasteiger charge is -2.37. The molecule has 0 fully saturated rings. The Morgan fingerprint density at radius 3 is 2.73 bits per heavy atom. The van der Waals surface area contributed by atoms with Crippen molar-refractivity contribution in [2.45, 2.75) is 32.5 Å². The van der Waals surface area contributed by atoms with Gasteiger partial charge in [-0.15, -0.1) is 0 Å². The number of pyridine rings is 2. The number of fused-ring (bicyclic) bond motifs is 1. The maximum absolute atomic E-state index is 13.6. The third-order valence-corrected chi connectivity index (χ3v) is 6.35. The number of amides is 1. The Hall–Kier alpha value is -3.80. The van der Waals surface area contributed by atoms with Crippen LogP contribution in [0.4, 0.5) is 4.39 Å². The van der Waals surface area contributed by atoms with Crippen molar-refractivity contribution in [3.63, 3.8) is 0 Å². The smallest absolute Gasteiger partial charge is 0.259 e. The van der Waals surface area contributed by atoms with E-state index in [0.29, 0.717) is 30.8 Å². The molecule has 1 amide bonds. The van der Waals surface area contributed by atoms with E-state index in [-0.39, 0.29) is 47.8 Å². The highest BCUT2D eigenvalue weighted by molar-refractivity contribution is 5.97. The number of aliphatic hydroxyl groups is 1. The number of aromatic nitrogens is 2. The molecule has 0 saturated heterocycles. The molecule has 8 heteroatoms. The third-order valence-electron chi connectivity index (χ3n) is 6.35. The number of halogens is 1. The summed E-state index contributed by atoms with van der Waals surface area (Å²) in [5.41, 5.74) is 2.27. The summed E-state index contributed by atoms with van der Waals surface area (Å²) in [6, 6.07) is 13.1. The van der Waals surface area contributed by atoms with E-state index >= 15 is 0 Å². The van der Waals surface area contributed by atoms with E-state index in [1.165, 1.54) is 12.1 Å². The van der Waals surface area contributed by atoms with E-state index in [0.717, 1.165) is 5.69 Å². The molecule has 0 aliphatic carbocycles. The fraction of sp³-hybridized carbons (Fsp3) is 0.345. The number of rotatable bonds is 6. The van der Waals surface area contributed by atoms with Crippen molar-refractivity contribution in [3.8, 4) is 17.7 Å². The standard InChI is InChI=1S/C29H31FN4O3/c1-20-16-34(21(2)19-35)29(36)26-14-23(11-10-22-7-6-8-24(30)13-22)15-32-28(26)37-27(20)18-33(3)17-25-9-4-5-12-31-25/h4-9,12-15,20-21,27,35H,16-19H2,1-3H3/t20-,21+,27-/m0/s1. The van der Waals surface area contributed by atoms with Crippen molar-refractivity contribution in [1.82, 2.24) is 19.8 Å². The van der Waals surface area contributed by atoms with Gasteiger partial charge in [0.1, 0.15) is 17.5 Å². The predicted octanol–water partition coefficient (Wildman–Crippen LogP) is 3.37. The molecule has 3 atom stereocenters. The number of carbonyl (C=O) groups is 1. The number of nitrogens with zero attached hydrogens (tertiary/aromatic N) is 4. The molecule has 192 valence electrons. The Morgan fingerprint density at radius 2 is 2.00 bits per heavy atom. The SMILES string of the molecule is C[C@H](CO)N1C[C@H](C)[C@H](CN(C)Cc2ccccn2)Oc2ncc(C#Cc3cccc(F)c3)cc2C1=O. The molecule has 7 nitrogen and oxygen atoms in total. The second-order valence-corrected chi connectivity index (χ2v) is 9.48. The van der Waals surface area contributed by atoms with E-state index in [1.54, 1.807) is 35.5 Å². The number of likely N-dealkylation sites (N-methyl/N-ethyl adjacent to an activating group) is 1. The normalized spacial score (nSPS) is 18.2.